The van der Waals surface area contributed by atoms with E-state index in [0.717, 1.165) is 0 Å². The van der Waals surface area contributed by atoms with E-state index in [4.69, 9.17) is 19.8 Å². The lowest BCUT2D eigenvalue weighted by molar-refractivity contribution is -0.122. The molecule has 1 rings (SSSR count). The zero-order valence-corrected chi connectivity index (χ0v) is 9.97. The molecule has 0 saturated heterocycles. The summed E-state index contributed by atoms with van der Waals surface area (Å²) < 4.78 is 10.4. The predicted molar refractivity (Wildman–Crippen MR) is 63.0 cm³/mol. The zero-order valence-electron chi connectivity index (χ0n) is 9.97. The monoisotopic (exact) mass is 250 g/mol. The van der Waals surface area contributed by atoms with Crippen molar-refractivity contribution in [3.63, 3.8) is 0 Å². The first-order valence-electron chi connectivity index (χ1n) is 5.26. The number of para-hydroxylation sites is 1. The molecule has 0 aromatic heterocycles. The number of nitrogens with one attached hydrogen (secondary N) is 1. The number of hydrogen-bond donors (Lipinski definition) is 2. The van der Waals surface area contributed by atoms with Crippen LogP contribution < -0.4 is 14.8 Å². The fourth-order valence-electron chi connectivity index (χ4n) is 1.34. The minimum Gasteiger partial charge on any atom is -0.493 e. The fraction of sp³-hybridized carbons (Fsp3) is 0.333. The maximum Gasteiger partial charge on any atom is 0.258 e. The second-order valence-corrected chi connectivity index (χ2v) is 3.33. The number of carbonyl (C=O) groups excluding carboxylic acids is 1. The summed E-state index contributed by atoms with van der Waals surface area (Å²) in [7, 11) is 1.47. The number of amides is 1. The van der Waals surface area contributed by atoms with E-state index in [1.165, 1.54) is 7.11 Å². The van der Waals surface area contributed by atoms with Gasteiger partial charge in [0, 0.05) is 5.56 Å². The topological polar surface area (TPSA) is 91.6 Å². The lowest BCUT2D eigenvalue weighted by Crippen LogP contribution is -2.29. The minimum atomic E-state index is -0.411. The molecule has 0 bridgehead atoms. The molecule has 0 aliphatic rings. The Balaban J connectivity index is 2.71. The van der Waals surface area contributed by atoms with Gasteiger partial charge in [-0.05, 0) is 6.07 Å². The average Bonchev–Trinajstić information content (AvgIpc) is 2.42. The molecule has 0 atom stereocenters. The van der Waals surface area contributed by atoms with Gasteiger partial charge in [-0.25, -0.2) is 0 Å². The third-order valence-electron chi connectivity index (χ3n) is 2.16. The van der Waals surface area contributed by atoms with Gasteiger partial charge in [-0.2, -0.15) is 5.26 Å². The Kier molecular flexibility index (Phi) is 5.48. The Morgan fingerprint density at radius 3 is 2.94 bits per heavy atom. The fourth-order valence-corrected chi connectivity index (χ4v) is 1.34. The summed E-state index contributed by atoms with van der Waals surface area (Å²) >= 11 is 0. The van der Waals surface area contributed by atoms with Gasteiger partial charge in [0.15, 0.2) is 18.1 Å². The first-order valence-corrected chi connectivity index (χ1v) is 5.26. The quantitative estimate of drug-likeness (QED) is 0.704. The van der Waals surface area contributed by atoms with Crippen LogP contribution in [0.4, 0.5) is 0 Å². The van der Waals surface area contributed by atoms with Crippen LogP contribution in [0.5, 0.6) is 11.5 Å². The molecule has 96 valence electrons. The number of aliphatic hydroxyl groups excluding tert-OH is 1. The van der Waals surface area contributed by atoms with Crippen LogP contribution in [0.25, 0.3) is 0 Å². The van der Waals surface area contributed by atoms with Crippen LogP contribution >= 0.6 is 0 Å². The van der Waals surface area contributed by atoms with Gasteiger partial charge in [0.05, 0.1) is 19.8 Å². The van der Waals surface area contributed by atoms with Crippen molar-refractivity contribution in [2.75, 3.05) is 20.3 Å². The van der Waals surface area contributed by atoms with Gasteiger partial charge in [-0.3, -0.25) is 4.79 Å². The van der Waals surface area contributed by atoms with Crippen LogP contribution in [0.3, 0.4) is 0 Å². The second-order valence-electron chi connectivity index (χ2n) is 3.33. The van der Waals surface area contributed by atoms with Gasteiger partial charge >= 0.3 is 0 Å². The molecule has 6 nitrogen and oxygen atoms in total. The van der Waals surface area contributed by atoms with Crippen molar-refractivity contribution in [3.05, 3.63) is 23.8 Å². The SMILES string of the molecule is COc1cccc(CO)c1OCC(=O)NCC#N. The van der Waals surface area contributed by atoms with Crippen LogP contribution in [-0.4, -0.2) is 31.3 Å². The highest BCUT2D eigenvalue weighted by Gasteiger charge is 2.11. The Morgan fingerprint density at radius 1 is 1.56 bits per heavy atom. The van der Waals surface area contributed by atoms with Crippen LogP contribution in [0, 0.1) is 11.3 Å². The molecule has 2 N–H and O–H groups in total. The van der Waals surface area contributed by atoms with E-state index in [1.807, 2.05) is 0 Å². The van der Waals surface area contributed by atoms with Gasteiger partial charge in [0.25, 0.3) is 5.91 Å². The highest BCUT2D eigenvalue weighted by Crippen LogP contribution is 2.30. The highest BCUT2D eigenvalue weighted by atomic mass is 16.5. The largest absolute Gasteiger partial charge is 0.493 e. The number of hydrogen-bond acceptors (Lipinski definition) is 5. The van der Waals surface area contributed by atoms with Crippen molar-refractivity contribution in [3.8, 4) is 17.6 Å². The summed E-state index contributed by atoms with van der Waals surface area (Å²) in [5.74, 6) is 0.357. The lowest BCUT2D eigenvalue weighted by atomic mass is 10.2. The van der Waals surface area contributed by atoms with Crippen molar-refractivity contribution in [2.24, 2.45) is 0 Å². The van der Waals surface area contributed by atoms with Crippen LogP contribution in [0.15, 0.2) is 18.2 Å². The molecule has 0 aliphatic heterocycles. The number of aliphatic hydroxyl groups is 1. The average molecular weight is 250 g/mol. The molecular weight excluding hydrogens is 236 g/mol. The van der Waals surface area contributed by atoms with E-state index in [2.05, 4.69) is 5.32 Å². The molecule has 1 amide bonds. The summed E-state index contributed by atoms with van der Waals surface area (Å²) in [6.45, 7) is -0.525. The summed E-state index contributed by atoms with van der Waals surface area (Å²) in [6.07, 6.45) is 0. The Bertz CT molecular complexity index is 432. The van der Waals surface area contributed by atoms with Crippen molar-refractivity contribution in [2.45, 2.75) is 6.61 Å². The molecule has 0 fully saturated rings. The van der Waals surface area contributed by atoms with E-state index in [1.54, 1.807) is 24.3 Å². The molecule has 0 aliphatic carbocycles. The number of benzene rings is 1. The van der Waals surface area contributed by atoms with Crippen molar-refractivity contribution >= 4 is 5.91 Å². The first-order chi connectivity index (χ1) is 8.72. The van der Waals surface area contributed by atoms with E-state index in [9.17, 15) is 4.79 Å². The van der Waals surface area contributed by atoms with Crippen LogP contribution in [0.2, 0.25) is 0 Å². The third-order valence-corrected chi connectivity index (χ3v) is 2.16. The van der Waals surface area contributed by atoms with Gasteiger partial charge in [0.2, 0.25) is 0 Å². The van der Waals surface area contributed by atoms with E-state index < -0.39 is 5.91 Å². The Morgan fingerprint density at radius 2 is 2.33 bits per heavy atom. The lowest BCUT2D eigenvalue weighted by Gasteiger charge is -2.13. The third kappa shape index (κ3) is 3.64. The summed E-state index contributed by atoms with van der Waals surface area (Å²) in [5.41, 5.74) is 0.530. The number of nitriles is 1. The van der Waals surface area contributed by atoms with Crippen LogP contribution in [0.1, 0.15) is 5.56 Å². The maximum absolute atomic E-state index is 11.3. The number of ether oxygens (including phenoxy) is 2. The van der Waals surface area contributed by atoms with E-state index in [-0.39, 0.29) is 19.8 Å². The minimum absolute atomic E-state index is 0.0685. The van der Waals surface area contributed by atoms with Crippen molar-refractivity contribution in [1.29, 1.82) is 5.26 Å². The maximum atomic E-state index is 11.3. The second kappa shape index (κ2) is 7.14. The standard InChI is InChI=1S/C12H14N2O4/c1-17-10-4-2-3-9(7-15)12(10)18-8-11(16)14-6-5-13/h2-4,15H,6-8H2,1H3,(H,14,16). The summed E-state index contributed by atoms with van der Waals surface area (Å²) in [4.78, 5) is 11.3. The number of carbonyl (C=O) groups is 1. The molecule has 18 heavy (non-hydrogen) atoms. The number of rotatable bonds is 6. The van der Waals surface area contributed by atoms with Crippen molar-refractivity contribution < 1.29 is 19.4 Å². The van der Waals surface area contributed by atoms with E-state index >= 15 is 0 Å². The van der Waals surface area contributed by atoms with E-state index in [0.29, 0.717) is 17.1 Å². The molecule has 0 heterocycles. The van der Waals surface area contributed by atoms with Gasteiger partial charge in [0.1, 0.15) is 6.54 Å². The summed E-state index contributed by atoms with van der Waals surface area (Å²) in [6, 6.07) is 6.84. The van der Waals surface area contributed by atoms with Gasteiger partial charge in [-0.1, -0.05) is 12.1 Å². The molecular formula is C12H14N2O4. The first kappa shape index (κ1) is 13.8. The molecule has 0 unspecified atom stereocenters. The number of methoxy groups -OCH3 is 1. The zero-order chi connectivity index (χ0) is 13.4. The molecule has 1 aromatic rings. The van der Waals surface area contributed by atoms with Gasteiger partial charge in [-0.15, -0.1) is 0 Å². The molecule has 1 aromatic carbocycles. The molecule has 0 saturated carbocycles. The normalized spacial score (nSPS) is 9.39. The summed E-state index contributed by atoms with van der Waals surface area (Å²) in [5, 5.41) is 19.8. The molecule has 6 heteroatoms. The van der Waals surface area contributed by atoms with Gasteiger partial charge < -0.3 is 19.9 Å². The Hall–Kier alpha value is -2.26. The predicted octanol–water partition coefficient (Wildman–Crippen LogP) is 0.206. The van der Waals surface area contributed by atoms with Crippen molar-refractivity contribution in [1.82, 2.24) is 5.32 Å². The molecule has 0 radical (unpaired) electrons. The smallest absolute Gasteiger partial charge is 0.258 e. The van der Waals surface area contributed by atoms with Crippen LogP contribution in [-0.2, 0) is 11.4 Å². The highest BCUT2D eigenvalue weighted by molar-refractivity contribution is 5.77. The Labute approximate surface area is 105 Å². The molecule has 0 spiro atoms. The number of nitrogens with zero attached hydrogens (tertiary/aromatic N) is 1.